The quantitative estimate of drug-likeness (QED) is 0.575. The van der Waals surface area contributed by atoms with Crippen LogP contribution in [0.15, 0.2) is 0 Å². The van der Waals surface area contributed by atoms with Crippen molar-refractivity contribution in [3.05, 3.63) is 0 Å². The van der Waals surface area contributed by atoms with Crippen molar-refractivity contribution in [2.45, 2.75) is 18.9 Å². The second kappa shape index (κ2) is 4.42. The van der Waals surface area contributed by atoms with E-state index in [1.807, 2.05) is 4.90 Å². The number of carbonyl (C=O) groups excluding carboxylic acids is 1. The molecule has 1 aliphatic rings. The Morgan fingerprint density at radius 1 is 1.75 bits per heavy atom. The molecule has 12 heavy (non-hydrogen) atoms. The summed E-state index contributed by atoms with van der Waals surface area (Å²) in [6.45, 7) is 2.15. The summed E-state index contributed by atoms with van der Waals surface area (Å²) in [6, 6.07) is 0.225. The van der Waals surface area contributed by atoms with Gasteiger partial charge < -0.3 is 10.5 Å². The van der Waals surface area contributed by atoms with Crippen LogP contribution in [0, 0.1) is 0 Å². The van der Waals surface area contributed by atoms with Gasteiger partial charge >= 0.3 is 5.97 Å². The summed E-state index contributed by atoms with van der Waals surface area (Å²) in [7, 11) is 1.41. The molecule has 1 rings (SSSR count). The van der Waals surface area contributed by atoms with Crippen LogP contribution < -0.4 is 5.73 Å². The van der Waals surface area contributed by atoms with Gasteiger partial charge in [-0.25, -0.2) is 0 Å². The monoisotopic (exact) mass is 172 g/mol. The topological polar surface area (TPSA) is 55.6 Å². The normalized spacial score (nSPS) is 25.3. The first-order chi connectivity index (χ1) is 5.72. The van der Waals surface area contributed by atoms with E-state index in [9.17, 15) is 4.79 Å². The van der Waals surface area contributed by atoms with E-state index < -0.39 is 0 Å². The van der Waals surface area contributed by atoms with Crippen molar-refractivity contribution in [1.82, 2.24) is 4.90 Å². The lowest BCUT2D eigenvalue weighted by molar-refractivity contribution is -0.142. The molecule has 0 aromatic heterocycles. The van der Waals surface area contributed by atoms with E-state index in [-0.39, 0.29) is 12.0 Å². The molecule has 1 atom stereocenters. The highest BCUT2D eigenvalue weighted by Crippen LogP contribution is 2.07. The second-order valence-corrected chi connectivity index (χ2v) is 3.21. The van der Waals surface area contributed by atoms with Gasteiger partial charge in [-0.2, -0.15) is 0 Å². The number of piperidine rings is 1. The van der Waals surface area contributed by atoms with Crippen LogP contribution in [0.2, 0.25) is 0 Å². The van der Waals surface area contributed by atoms with Gasteiger partial charge in [0.1, 0.15) is 0 Å². The number of nitrogens with two attached hydrogens (primary N) is 1. The lowest BCUT2D eigenvalue weighted by Crippen LogP contribution is -2.44. The van der Waals surface area contributed by atoms with Gasteiger partial charge in [0.2, 0.25) is 0 Å². The number of rotatable bonds is 2. The highest BCUT2D eigenvalue weighted by atomic mass is 16.5. The number of nitrogens with zero attached hydrogens (tertiary/aromatic N) is 1. The lowest BCUT2D eigenvalue weighted by atomic mass is 10.1. The minimum atomic E-state index is -0.177. The SMILES string of the molecule is COC(=O)CN1CCCC(N)C1. The van der Waals surface area contributed by atoms with Crippen LogP contribution in [-0.4, -0.2) is 43.7 Å². The van der Waals surface area contributed by atoms with Crippen LogP contribution in [0.25, 0.3) is 0 Å². The van der Waals surface area contributed by atoms with E-state index in [4.69, 9.17) is 5.73 Å². The Balaban J connectivity index is 2.27. The predicted molar refractivity (Wildman–Crippen MR) is 45.7 cm³/mol. The summed E-state index contributed by atoms with van der Waals surface area (Å²) in [5.41, 5.74) is 5.75. The largest absolute Gasteiger partial charge is 0.468 e. The standard InChI is InChI=1S/C8H16N2O2/c1-12-8(11)6-10-4-2-3-7(9)5-10/h7H,2-6,9H2,1H3. The van der Waals surface area contributed by atoms with Crippen molar-refractivity contribution in [2.75, 3.05) is 26.7 Å². The molecule has 0 spiro atoms. The van der Waals surface area contributed by atoms with E-state index in [0.717, 1.165) is 25.9 Å². The number of esters is 1. The second-order valence-electron chi connectivity index (χ2n) is 3.21. The predicted octanol–water partition coefficient (Wildman–Crippen LogP) is -0.417. The molecule has 4 nitrogen and oxygen atoms in total. The number of hydrogen-bond acceptors (Lipinski definition) is 4. The van der Waals surface area contributed by atoms with Crippen molar-refractivity contribution in [3.63, 3.8) is 0 Å². The van der Waals surface area contributed by atoms with Crippen molar-refractivity contribution < 1.29 is 9.53 Å². The number of hydrogen-bond donors (Lipinski definition) is 1. The minimum Gasteiger partial charge on any atom is -0.468 e. The zero-order valence-corrected chi connectivity index (χ0v) is 7.45. The van der Waals surface area contributed by atoms with Crippen molar-refractivity contribution in [2.24, 2.45) is 5.73 Å². The summed E-state index contributed by atoms with van der Waals surface area (Å²) in [6.07, 6.45) is 2.15. The number of carbonyl (C=O) groups is 1. The van der Waals surface area contributed by atoms with Crippen LogP contribution >= 0.6 is 0 Å². The van der Waals surface area contributed by atoms with Gasteiger partial charge in [0.25, 0.3) is 0 Å². The fourth-order valence-electron chi connectivity index (χ4n) is 1.48. The first kappa shape index (κ1) is 9.48. The average molecular weight is 172 g/mol. The molecule has 0 aromatic carbocycles. The molecule has 70 valence electrons. The van der Waals surface area contributed by atoms with Crippen molar-refractivity contribution in [1.29, 1.82) is 0 Å². The van der Waals surface area contributed by atoms with Gasteiger partial charge in [-0.1, -0.05) is 0 Å². The molecule has 0 saturated carbocycles. The zero-order chi connectivity index (χ0) is 8.97. The molecule has 4 heteroatoms. The molecular formula is C8H16N2O2. The summed E-state index contributed by atoms with van der Waals surface area (Å²) >= 11 is 0. The zero-order valence-electron chi connectivity index (χ0n) is 7.45. The van der Waals surface area contributed by atoms with E-state index >= 15 is 0 Å². The Morgan fingerprint density at radius 3 is 3.08 bits per heavy atom. The minimum absolute atomic E-state index is 0.177. The van der Waals surface area contributed by atoms with E-state index in [2.05, 4.69) is 4.74 Å². The lowest BCUT2D eigenvalue weighted by Gasteiger charge is -2.29. The number of methoxy groups -OCH3 is 1. The maximum Gasteiger partial charge on any atom is 0.319 e. The summed E-state index contributed by atoms with van der Waals surface area (Å²) in [5, 5.41) is 0. The molecule has 0 aromatic rings. The first-order valence-electron chi connectivity index (χ1n) is 4.27. The molecule has 0 bridgehead atoms. The Kier molecular flexibility index (Phi) is 3.49. The molecule has 1 aliphatic heterocycles. The van der Waals surface area contributed by atoms with Gasteiger partial charge in [-0.3, -0.25) is 9.69 Å². The molecule has 0 radical (unpaired) electrons. The number of likely N-dealkylation sites (tertiary alicyclic amines) is 1. The molecule has 2 N–H and O–H groups in total. The van der Waals surface area contributed by atoms with E-state index in [0.29, 0.717) is 6.54 Å². The molecule has 0 aliphatic carbocycles. The van der Waals surface area contributed by atoms with Crippen LogP contribution in [-0.2, 0) is 9.53 Å². The Bertz CT molecular complexity index is 161. The third kappa shape index (κ3) is 2.79. The fraction of sp³-hybridized carbons (Fsp3) is 0.875. The maximum atomic E-state index is 10.9. The highest BCUT2D eigenvalue weighted by Gasteiger charge is 2.18. The Hall–Kier alpha value is -0.610. The van der Waals surface area contributed by atoms with Gasteiger partial charge in [0.05, 0.1) is 13.7 Å². The maximum absolute atomic E-state index is 10.9. The molecule has 1 fully saturated rings. The van der Waals surface area contributed by atoms with Gasteiger partial charge in [-0.05, 0) is 19.4 Å². The molecular weight excluding hydrogens is 156 g/mol. The van der Waals surface area contributed by atoms with Crippen molar-refractivity contribution >= 4 is 5.97 Å². The van der Waals surface area contributed by atoms with E-state index in [1.54, 1.807) is 0 Å². The van der Waals surface area contributed by atoms with E-state index in [1.165, 1.54) is 7.11 Å². The highest BCUT2D eigenvalue weighted by molar-refractivity contribution is 5.71. The summed E-state index contributed by atoms with van der Waals surface area (Å²) in [5.74, 6) is -0.177. The first-order valence-corrected chi connectivity index (χ1v) is 4.27. The molecule has 1 saturated heterocycles. The average Bonchev–Trinajstić information content (AvgIpc) is 2.04. The summed E-state index contributed by atoms with van der Waals surface area (Å²) < 4.78 is 4.57. The van der Waals surface area contributed by atoms with Crippen LogP contribution in [0.5, 0.6) is 0 Å². The van der Waals surface area contributed by atoms with Gasteiger partial charge in [0.15, 0.2) is 0 Å². The Morgan fingerprint density at radius 2 is 2.50 bits per heavy atom. The van der Waals surface area contributed by atoms with Crippen LogP contribution in [0.1, 0.15) is 12.8 Å². The number of ether oxygens (including phenoxy) is 1. The Labute approximate surface area is 72.7 Å². The van der Waals surface area contributed by atoms with Gasteiger partial charge in [0, 0.05) is 12.6 Å². The third-order valence-corrected chi connectivity index (χ3v) is 2.12. The molecule has 1 unspecified atom stereocenters. The summed E-state index contributed by atoms with van der Waals surface area (Å²) in [4.78, 5) is 12.9. The third-order valence-electron chi connectivity index (χ3n) is 2.12. The van der Waals surface area contributed by atoms with Crippen molar-refractivity contribution in [3.8, 4) is 0 Å². The molecule has 0 amide bonds. The smallest absolute Gasteiger partial charge is 0.319 e. The van der Waals surface area contributed by atoms with Crippen LogP contribution in [0.3, 0.4) is 0 Å². The van der Waals surface area contributed by atoms with Gasteiger partial charge in [-0.15, -0.1) is 0 Å². The molecule has 1 heterocycles. The van der Waals surface area contributed by atoms with Crippen LogP contribution in [0.4, 0.5) is 0 Å². The fourth-order valence-corrected chi connectivity index (χ4v) is 1.48.